The Kier molecular flexibility index (Phi) is 3.25. The van der Waals surface area contributed by atoms with E-state index in [1.165, 1.54) is 68.2 Å². The fraction of sp³-hybridized carbons (Fsp3) is 0.529. The second-order valence-electron chi connectivity index (χ2n) is 6.18. The van der Waals surface area contributed by atoms with Gasteiger partial charge in [-0.3, -0.25) is 0 Å². The van der Waals surface area contributed by atoms with Crippen LogP contribution in [-0.4, -0.2) is 23.1 Å². The largest absolute Gasteiger partial charge is 0.357 e. The Bertz CT molecular complexity index is 595. The molecule has 2 aromatic rings. The number of aromatic nitrogens is 1. The van der Waals surface area contributed by atoms with Gasteiger partial charge in [0.1, 0.15) is 0 Å². The molecule has 3 nitrogen and oxygen atoms in total. The molecule has 20 heavy (non-hydrogen) atoms. The van der Waals surface area contributed by atoms with Crippen LogP contribution in [0.4, 0.5) is 0 Å². The van der Waals surface area contributed by atoms with E-state index in [0.717, 1.165) is 0 Å². The van der Waals surface area contributed by atoms with Crippen molar-refractivity contribution in [3.8, 4) is 0 Å². The zero-order valence-electron chi connectivity index (χ0n) is 12.0. The van der Waals surface area contributed by atoms with Gasteiger partial charge < -0.3 is 4.98 Å². The number of rotatable bonds is 2. The van der Waals surface area contributed by atoms with Crippen molar-refractivity contribution in [2.45, 2.75) is 44.6 Å². The highest BCUT2D eigenvalue weighted by molar-refractivity contribution is 5.85. The Labute approximate surface area is 120 Å². The molecule has 1 aliphatic carbocycles. The van der Waals surface area contributed by atoms with E-state index in [4.69, 9.17) is 0 Å². The number of hydrazine groups is 1. The molecule has 1 atom stereocenters. The number of hydrogen-bond donors (Lipinski definition) is 2. The standard InChI is InChI=1S/C17H23N3/c1-4-11-20(12-5-1)19-16-10-6-8-14-13-7-2-3-9-15(13)18-17(14)16/h2-3,7,9,16,18-19H,1,4-6,8,10-12H2. The van der Waals surface area contributed by atoms with Crippen molar-refractivity contribution in [1.82, 2.24) is 15.4 Å². The van der Waals surface area contributed by atoms with Gasteiger partial charge in [-0.05, 0) is 43.7 Å². The molecule has 4 rings (SSSR count). The number of nitrogens with zero attached hydrogens (tertiary/aromatic N) is 1. The van der Waals surface area contributed by atoms with Crippen LogP contribution in [0.5, 0.6) is 0 Å². The monoisotopic (exact) mass is 269 g/mol. The van der Waals surface area contributed by atoms with E-state index in [1.54, 1.807) is 5.56 Å². The molecule has 1 aromatic carbocycles. The maximum absolute atomic E-state index is 3.78. The molecule has 3 heteroatoms. The molecule has 1 unspecified atom stereocenters. The Hall–Kier alpha value is -1.32. The summed E-state index contributed by atoms with van der Waals surface area (Å²) < 4.78 is 0. The SMILES string of the molecule is c1ccc2c3c([nH]c2c1)C(NN1CCCCC1)CCC3. The van der Waals surface area contributed by atoms with Gasteiger partial charge in [-0.15, -0.1) is 0 Å². The highest BCUT2D eigenvalue weighted by Crippen LogP contribution is 2.34. The van der Waals surface area contributed by atoms with Gasteiger partial charge in [-0.1, -0.05) is 24.6 Å². The summed E-state index contributed by atoms with van der Waals surface area (Å²) in [7, 11) is 0. The quantitative estimate of drug-likeness (QED) is 0.873. The fourth-order valence-electron chi connectivity index (χ4n) is 3.79. The Morgan fingerprint density at radius 2 is 1.90 bits per heavy atom. The Morgan fingerprint density at radius 3 is 2.80 bits per heavy atom. The van der Waals surface area contributed by atoms with E-state index in [9.17, 15) is 0 Å². The minimum absolute atomic E-state index is 0.476. The lowest BCUT2D eigenvalue weighted by molar-refractivity contribution is 0.121. The number of para-hydroxylation sites is 1. The third-order valence-electron chi connectivity index (χ3n) is 4.81. The van der Waals surface area contributed by atoms with Gasteiger partial charge in [-0.25, -0.2) is 10.4 Å². The minimum atomic E-state index is 0.476. The molecule has 2 heterocycles. The molecule has 0 spiro atoms. The van der Waals surface area contributed by atoms with Crippen molar-refractivity contribution < 1.29 is 0 Å². The van der Waals surface area contributed by atoms with Crippen molar-refractivity contribution in [1.29, 1.82) is 0 Å². The van der Waals surface area contributed by atoms with Gasteiger partial charge >= 0.3 is 0 Å². The molecule has 106 valence electrons. The molecule has 0 bridgehead atoms. The van der Waals surface area contributed by atoms with Crippen LogP contribution >= 0.6 is 0 Å². The highest BCUT2D eigenvalue weighted by Gasteiger charge is 2.25. The lowest BCUT2D eigenvalue weighted by Crippen LogP contribution is -2.44. The number of piperidine rings is 1. The zero-order valence-corrected chi connectivity index (χ0v) is 12.0. The third-order valence-corrected chi connectivity index (χ3v) is 4.81. The average Bonchev–Trinajstić information content (AvgIpc) is 2.88. The molecule has 0 radical (unpaired) electrons. The van der Waals surface area contributed by atoms with Crippen LogP contribution < -0.4 is 5.43 Å². The maximum Gasteiger partial charge on any atom is 0.0618 e. The van der Waals surface area contributed by atoms with Crippen molar-refractivity contribution >= 4 is 10.9 Å². The van der Waals surface area contributed by atoms with Crippen LogP contribution in [0.25, 0.3) is 10.9 Å². The second kappa shape index (κ2) is 5.23. The molecule has 1 fully saturated rings. The molecular weight excluding hydrogens is 246 g/mol. The molecule has 1 aromatic heterocycles. The number of benzene rings is 1. The first-order valence-electron chi connectivity index (χ1n) is 8.02. The molecule has 0 saturated carbocycles. The lowest BCUT2D eigenvalue weighted by Gasteiger charge is -2.33. The summed E-state index contributed by atoms with van der Waals surface area (Å²) in [4.78, 5) is 3.67. The van der Waals surface area contributed by atoms with Gasteiger partial charge in [0.05, 0.1) is 6.04 Å². The molecular formula is C17H23N3. The average molecular weight is 269 g/mol. The summed E-state index contributed by atoms with van der Waals surface area (Å²) in [5.74, 6) is 0. The van der Waals surface area contributed by atoms with E-state index < -0.39 is 0 Å². The maximum atomic E-state index is 3.78. The summed E-state index contributed by atoms with van der Waals surface area (Å²) in [6.07, 6.45) is 7.81. The van der Waals surface area contributed by atoms with Crippen molar-refractivity contribution in [3.63, 3.8) is 0 Å². The van der Waals surface area contributed by atoms with Gasteiger partial charge in [0.25, 0.3) is 0 Å². The zero-order chi connectivity index (χ0) is 13.4. The Morgan fingerprint density at radius 1 is 1.05 bits per heavy atom. The smallest absolute Gasteiger partial charge is 0.0618 e. The number of aromatic amines is 1. The lowest BCUT2D eigenvalue weighted by atomic mass is 9.92. The summed E-state index contributed by atoms with van der Waals surface area (Å²) >= 11 is 0. The number of aryl methyl sites for hydroxylation is 1. The van der Waals surface area contributed by atoms with E-state index in [-0.39, 0.29) is 0 Å². The van der Waals surface area contributed by atoms with Crippen molar-refractivity contribution in [2.75, 3.05) is 13.1 Å². The molecule has 1 aliphatic heterocycles. The fourth-order valence-corrected chi connectivity index (χ4v) is 3.79. The van der Waals surface area contributed by atoms with Crippen LogP contribution in [0.1, 0.15) is 49.4 Å². The third kappa shape index (κ3) is 2.15. The van der Waals surface area contributed by atoms with Crippen LogP contribution in [0, 0.1) is 0 Å². The normalized spacial score (nSPS) is 23.9. The van der Waals surface area contributed by atoms with Gasteiger partial charge in [-0.2, -0.15) is 0 Å². The van der Waals surface area contributed by atoms with Crippen LogP contribution in [0.2, 0.25) is 0 Å². The first kappa shape index (κ1) is 12.4. The van der Waals surface area contributed by atoms with E-state index in [0.29, 0.717) is 6.04 Å². The first-order valence-corrected chi connectivity index (χ1v) is 8.02. The first-order chi connectivity index (χ1) is 9.92. The van der Waals surface area contributed by atoms with E-state index >= 15 is 0 Å². The van der Waals surface area contributed by atoms with E-state index in [1.807, 2.05) is 0 Å². The van der Waals surface area contributed by atoms with Crippen molar-refractivity contribution in [2.24, 2.45) is 0 Å². The topological polar surface area (TPSA) is 31.1 Å². The minimum Gasteiger partial charge on any atom is -0.357 e. The molecule has 2 aliphatic rings. The Balaban J connectivity index is 1.63. The molecule has 1 saturated heterocycles. The van der Waals surface area contributed by atoms with Gasteiger partial charge in [0.2, 0.25) is 0 Å². The van der Waals surface area contributed by atoms with Gasteiger partial charge in [0.15, 0.2) is 0 Å². The molecule has 0 amide bonds. The number of fused-ring (bicyclic) bond motifs is 3. The summed E-state index contributed by atoms with van der Waals surface area (Å²) in [5.41, 5.74) is 8.05. The van der Waals surface area contributed by atoms with Crippen LogP contribution in [0.15, 0.2) is 24.3 Å². The predicted molar refractivity (Wildman–Crippen MR) is 82.5 cm³/mol. The van der Waals surface area contributed by atoms with Crippen molar-refractivity contribution in [3.05, 3.63) is 35.5 Å². The number of H-pyrrole nitrogens is 1. The highest BCUT2D eigenvalue weighted by atomic mass is 15.5. The second-order valence-corrected chi connectivity index (χ2v) is 6.18. The summed E-state index contributed by atoms with van der Waals surface area (Å²) in [6.45, 7) is 2.40. The summed E-state index contributed by atoms with van der Waals surface area (Å²) in [5, 5.41) is 3.86. The van der Waals surface area contributed by atoms with Gasteiger partial charge in [0, 0.05) is 29.7 Å². The van der Waals surface area contributed by atoms with Crippen LogP contribution in [-0.2, 0) is 6.42 Å². The van der Waals surface area contributed by atoms with Crippen LogP contribution in [0.3, 0.4) is 0 Å². The number of hydrogen-bond acceptors (Lipinski definition) is 2. The summed E-state index contributed by atoms with van der Waals surface area (Å²) in [6, 6.07) is 9.21. The van der Waals surface area contributed by atoms with E-state index in [2.05, 4.69) is 39.7 Å². The predicted octanol–water partition coefficient (Wildman–Crippen LogP) is 3.54. The number of nitrogens with one attached hydrogen (secondary N) is 2. The molecule has 2 N–H and O–H groups in total.